The summed E-state index contributed by atoms with van der Waals surface area (Å²) in [7, 11) is -3.96. The smallest absolute Gasteiger partial charge is 0.326 e. The Labute approximate surface area is 204 Å². The normalized spacial score (nSPS) is 20.5. The second kappa shape index (κ2) is 9.86. The fraction of sp³-hybridized carbons (Fsp3) is 0.480. The number of sulfonamides is 1. The molecule has 0 bridgehead atoms. The van der Waals surface area contributed by atoms with Gasteiger partial charge in [0.25, 0.3) is 0 Å². The highest BCUT2D eigenvalue weighted by Crippen LogP contribution is 2.38. The molecule has 1 N–H and O–H groups in total. The Bertz CT molecular complexity index is 1090. The minimum Gasteiger partial charge on any atom is -0.480 e. The van der Waals surface area contributed by atoms with Crippen LogP contribution in [0.1, 0.15) is 48.3 Å². The minimum absolute atomic E-state index is 0.114. The molecule has 0 aliphatic carbocycles. The summed E-state index contributed by atoms with van der Waals surface area (Å²) in [5, 5.41) is 10.1. The van der Waals surface area contributed by atoms with Crippen LogP contribution >= 0.6 is 15.9 Å². The Morgan fingerprint density at radius 3 is 2.27 bits per heavy atom. The van der Waals surface area contributed by atoms with Gasteiger partial charge in [0.1, 0.15) is 0 Å². The number of likely N-dealkylation sites (tertiary alicyclic amines) is 1. The Balaban J connectivity index is 1.43. The SMILES string of the molecule is Cc1cc(C2CCN(S(=O)(=O)C3(C(=O)O)CCN(Cc4ccccc4)CC3)CC2)ccc1Br. The lowest BCUT2D eigenvalue weighted by Crippen LogP contribution is -2.59. The van der Waals surface area contributed by atoms with E-state index in [1.807, 2.05) is 43.3 Å². The van der Waals surface area contributed by atoms with Gasteiger partial charge in [-0.05, 0) is 61.3 Å². The zero-order valence-electron chi connectivity index (χ0n) is 18.9. The third kappa shape index (κ3) is 4.90. The summed E-state index contributed by atoms with van der Waals surface area (Å²) in [4.78, 5) is 14.5. The molecule has 2 aliphatic heterocycles. The number of rotatable bonds is 6. The number of carbonyl (C=O) groups is 1. The molecular formula is C25H31BrN2O4S. The maximum Gasteiger partial charge on any atom is 0.326 e. The fourth-order valence-electron chi connectivity index (χ4n) is 5.09. The van der Waals surface area contributed by atoms with E-state index in [0.717, 1.165) is 15.6 Å². The second-order valence-corrected chi connectivity index (χ2v) is 12.4. The van der Waals surface area contributed by atoms with Crippen molar-refractivity contribution in [3.8, 4) is 0 Å². The van der Waals surface area contributed by atoms with E-state index >= 15 is 0 Å². The first-order chi connectivity index (χ1) is 15.7. The molecule has 0 radical (unpaired) electrons. The minimum atomic E-state index is -3.96. The lowest BCUT2D eigenvalue weighted by atomic mass is 9.89. The molecule has 0 amide bonds. The van der Waals surface area contributed by atoms with Crippen LogP contribution in [0, 0.1) is 6.92 Å². The molecule has 4 rings (SSSR count). The van der Waals surface area contributed by atoms with Crippen LogP contribution in [0.4, 0.5) is 0 Å². The van der Waals surface area contributed by atoms with Crippen LogP contribution in [0.25, 0.3) is 0 Å². The van der Waals surface area contributed by atoms with E-state index in [0.29, 0.717) is 45.6 Å². The predicted molar refractivity (Wildman–Crippen MR) is 133 cm³/mol. The first kappa shape index (κ1) is 24.4. The van der Waals surface area contributed by atoms with E-state index < -0.39 is 20.7 Å². The molecule has 0 saturated carbocycles. The Morgan fingerprint density at radius 1 is 1.06 bits per heavy atom. The number of hydrogen-bond acceptors (Lipinski definition) is 4. The van der Waals surface area contributed by atoms with Gasteiger partial charge in [0.15, 0.2) is 4.75 Å². The summed E-state index contributed by atoms with van der Waals surface area (Å²) in [5.74, 6) is -0.927. The van der Waals surface area contributed by atoms with E-state index in [4.69, 9.17) is 0 Å². The average Bonchev–Trinajstić information content (AvgIpc) is 2.82. The highest BCUT2D eigenvalue weighted by atomic mass is 79.9. The van der Waals surface area contributed by atoms with Gasteiger partial charge < -0.3 is 5.11 Å². The molecular weight excluding hydrogens is 504 g/mol. The van der Waals surface area contributed by atoms with Gasteiger partial charge in [-0.15, -0.1) is 0 Å². The van der Waals surface area contributed by atoms with E-state index in [1.54, 1.807) is 0 Å². The molecule has 178 valence electrons. The highest BCUT2D eigenvalue weighted by molar-refractivity contribution is 9.10. The van der Waals surface area contributed by atoms with Crippen molar-refractivity contribution in [1.82, 2.24) is 9.21 Å². The first-order valence-corrected chi connectivity index (χ1v) is 13.7. The average molecular weight is 536 g/mol. The molecule has 2 aromatic rings. The zero-order chi connectivity index (χ0) is 23.6. The third-order valence-electron chi connectivity index (χ3n) is 7.24. The van der Waals surface area contributed by atoms with Crippen molar-refractivity contribution in [2.24, 2.45) is 0 Å². The van der Waals surface area contributed by atoms with E-state index in [1.165, 1.54) is 9.87 Å². The number of piperidine rings is 2. The van der Waals surface area contributed by atoms with Crippen LogP contribution in [0.15, 0.2) is 53.0 Å². The number of benzene rings is 2. The van der Waals surface area contributed by atoms with Gasteiger partial charge >= 0.3 is 5.97 Å². The molecule has 2 heterocycles. The number of carboxylic acid groups (broad SMARTS) is 1. The van der Waals surface area contributed by atoms with Crippen LogP contribution < -0.4 is 0 Å². The number of hydrogen-bond donors (Lipinski definition) is 1. The number of halogens is 1. The molecule has 0 unspecified atom stereocenters. The van der Waals surface area contributed by atoms with Gasteiger partial charge in [-0.3, -0.25) is 9.69 Å². The summed E-state index contributed by atoms with van der Waals surface area (Å²) >= 11 is 3.53. The predicted octanol–water partition coefficient (Wildman–Crippen LogP) is 4.39. The molecule has 33 heavy (non-hydrogen) atoms. The number of nitrogens with zero attached hydrogens (tertiary/aromatic N) is 2. The molecule has 2 saturated heterocycles. The van der Waals surface area contributed by atoms with Crippen molar-refractivity contribution in [3.63, 3.8) is 0 Å². The fourth-order valence-corrected chi connectivity index (χ4v) is 7.45. The number of carboxylic acids is 1. The standard InChI is InChI=1S/C25H31BrN2O4S/c1-19-17-22(7-8-23(19)26)21-9-13-28(14-10-21)33(31,32)25(24(29)30)11-15-27(16-12-25)18-20-5-3-2-4-6-20/h2-8,17,21H,9-16,18H2,1H3,(H,29,30). The van der Waals surface area contributed by atoms with Crippen molar-refractivity contribution in [2.75, 3.05) is 26.2 Å². The maximum absolute atomic E-state index is 13.6. The largest absolute Gasteiger partial charge is 0.480 e. The first-order valence-electron chi connectivity index (χ1n) is 11.5. The quantitative estimate of drug-likeness (QED) is 0.594. The molecule has 0 aromatic heterocycles. The third-order valence-corrected chi connectivity index (χ3v) is 10.7. The molecule has 0 atom stereocenters. The van der Waals surface area contributed by atoms with Gasteiger partial charge in [0.2, 0.25) is 10.0 Å². The molecule has 8 heteroatoms. The molecule has 2 fully saturated rings. The van der Waals surface area contributed by atoms with Crippen molar-refractivity contribution in [3.05, 3.63) is 69.7 Å². The van der Waals surface area contributed by atoms with Crippen molar-refractivity contribution >= 4 is 31.9 Å². The maximum atomic E-state index is 13.6. The molecule has 2 aromatic carbocycles. The lowest BCUT2D eigenvalue weighted by Gasteiger charge is -2.42. The van der Waals surface area contributed by atoms with Gasteiger partial charge in [-0.1, -0.05) is 58.4 Å². The van der Waals surface area contributed by atoms with Crippen molar-refractivity contribution < 1.29 is 18.3 Å². The van der Waals surface area contributed by atoms with Gasteiger partial charge in [-0.2, -0.15) is 0 Å². The zero-order valence-corrected chi connectivity index (χ0v) is 21.3. The van der Waals surface area contributed by atoms with Gasteiger partial charge in [-0.25, -0.2) is 12.7 Å². The van der Waals surface area contributed by atoms with E-state index in [9.17, 15) is 18.3 Å². The molecule has 6 nitrogen and oxygen atoms in total. The van der Waals surface area contributed by atoms with Crippen LogP contribution in [0.5, 0.6) is 0 Å². The summed E-state index contributed by atoms with van der Waals surface area (Å²) in [6.45, 7) is 4.39. The van der Waals surface area contributed by atoms with Crippen LogP contribution in [0.2, 0.25) is 0 Å². The lowest BCUT2D eigenvalue weighted by molar-refractivity contribution is -0.141. The van der Waals surface area contributed by atoms with E-state index in [-0.39, 0.29) is 18.8 Å². The van der Waals surface area contributed by atoms with Gasteiger partial charge in [0, 0.05) is 37.2 Å². The Hall–Kier alpha value is -1.74. The Morgan fingerprint density at radius 2 is 1.70 bits per heavy atom. The van der Waals surface area contributed by atoms with Crippen LogP contribution in [-0.2, 0) is 21.4 Å². The monoisotopic (exact) mass is 534 g/mol. The molecule has 2 aliphatic rings. The Kier molecular flexibility index (Phi) is 7.29. The topological polar surface area (TPSA) is 77.9 Å². The number of aliphatic carboxylic acids is 1. The summed E-state index contributed by atoms with van der Waals surface area (Å²) in [5.41, 5.74) is 3.53. The summed E-state index contributed by atoms with van der Waals surface area (Å²) in [6.07, 6.45) is 1.64. The van der Waals surface area contributed by atoms with Crippen LogP contribution in [0.3, 0.4) is 0 Å². The highest BCUT2D eigenvalue weighted by Gasteiger charge is 2.55. The summed E-state index contributed by atoms with van der Waals surface area (Å²) < 4.78 is 28.0. The van der Waals surface area contributed by atoms with Gasteiger partial charge in [0.05, 0.1) is 0 Å². The summed E-state index contributed by atoms with van der Waals surface area (Å²) in [6, 6.07) is 16.3. The van der Waals surface area contributed by atoms with Crippen LogP contribution in [-0.4, -0.2) is 59.6 Å². The van der Waals surface area contributed by atoms with Crippen molar-refractivity contribution in [1.29, 1.82) is 0 Å². The number of aryl methyl sites for hydroxylation is 1. The molecule has 0 spiro atoms. The van der Waals surface area contributed by atoms with Crippen molar-refractivity contribution in [2.45, 2.75) is 49.8 Å². The second-order valence-electron chi connectivity index (χ2n) is 9.25. The van der Waals surface area contributed by atoms with E-state index in [2.05, 4.69) is 33.0 Å².